The minimum Gasteiger partial charge on any atom is -0.508 e. The van der Waals surface area contributed by atoms with Crippen LogP contribution in [-0.4, -0.2) is 5.11 Å². The van der Waals surface area contributed by atoms with E-state index in [1.54, 1.807) is 6.07 Å². The minimum atomic E-state index is -0.416. The van der Waals surface area contributed by atoms with Crippen LogP contribution in [0.5, 0.6) is 5.75 Å². The molecule has 0 spiro atoms. The van der Waals surface area contributed by atoms with Crippen molar-refractivity contribution in [3.8, 4) is 5.75 Å². The summed E-state index contributed by atoms with van der Waals surface area (Å²) < 4.78 is 13.2. The number of rotatable bonds is 4. The van der Waals surface area contributed by atoms with Gasteiger partial charge in [0.1, 0.15) is 11.6 Å². The topological polar surface area (TPSA) is 32.3 Å². The fourth-order valence-electron chi connectivity index (χ4n) is 2.43. The van der Waals surface area contributed by atoms with Crippen LogP contribution >= 0.6 is 0 Å². The summed E-state index contributed by atoms with van der Waals surface area (Å²) in [5.41, 5.74) is 4.45. The van der Waals surface area contributed by atoms with Crippen LogP contribution in [-0.2, 0) is 6.54 Å². The van der Waals surface area contributed by atoms with Gasteiger partial charge >= 0.3 is 0 Å². The summed E-state index contributed by atoms with van der Waals surface area (Å²) >= 11 is 0. The van der Waals surface area contributed by atoms with Crippen LogP contribution in [0.3, 0.4) is 0 Å². The van der Waals surface area contributed by atoms with Crippen LogP contribution in [0.1, 0.15) is 35.2 Å². The van der Waals surface area contributed by atoms with Gasteiger partial charge in [0, 0.05) is 18.7 Å². The summed E-state index contributed by atoms with van der Waals surface area (Å²) in [6.45, 7) is 6.76. The smallest absolute Gasteiger partial charge is 0.127 e. The normalized spacial score (nSPS) is 12.4. The molecule has 0 radical (unpaired) electrons. The molecule has 0 bridgehead atoms. The van der Waals surface area contributed by atoms with Crippen LogP contribution in [0.15, 0.2) is 36.4 Å². The molecule has 106 valence electrons. The van der Waals surface area contributed by atoms with E-state index in [2.05, 4.69) is 44.3 Å². The van der Waals surface area contributed by atoms with Crippen molar-refractivity contribution in [3.05, 3.63) is 64.5 Å². The Labute approximate surface area is 119 Å². The molecule has 0 aliphatic heterocycles. The third-order valence-electron chi connectivity index (χ3n) is 3.45. The minimum absolute atomic E-state index is 0.0408. The van der Waals surface area contributed by atoms with E-state index in [9.17, 15) is 9.50 Å². The van der Waals surface area contributed by atoms with E-state index in [-0.39, 0.29) is 11.8 Å². The van der Waals surface area contributed by atoms with Gasteiger partial charge in [-0.3, -0.25) is 0 Å². The second-order valence-electron chi connectivity index (χ2n) is 5.28. The van der Waals surface area contributed by atoms with Gasteiger partial charge in [0.15, 0.2) is 0 Å². The molecule has 20 heavy (non-hydrogen) atoms. The number of hydrogen-bond acceptors (Lipinski definition) is 2. The predicted octanol–water partition coefficient (Wildman–Crippen LogP) is 4.00. The first-order valence-electron chi connectivity index (χ1n) is 6.74. The van der Waals surface area contributed by atoms with Gasteiger partial charge in [0.05, 0.1) is 0 Å². The molecule has 0 fully saturated rings. The summed E-state index contributed by atoms with van der Waals surface area (Å²) in [7, 11) is 0. The van der Waals surface area contributed by atoms with E-state index in [4.69, 9.17) is 0 Å². The van der Waals surface area contributed by atoms with E-state index in [1.807, 2.05) is 0 Å². The summed E-state index contributed by atoms with van der Waals surface area (Å²) in [5.74, 6) is -0.457. The molecule has 0 aromatic heterocycles. The molecule has 0 amide bonds. The van der Waals surface area contributed by atoms with Gasteiger partial charge in [-0.2, -0.15) is 0 Å². The summed E-state index contributed by atoms with van der Waals surface area (Å²) in [4.78, 5) is 0. The second-order valence-corrected chi connectivity index (χ2v) is 5.28. The molecule has 2 N–H and O–H groups in total. The molecule has 0 aliphatic rings. The van der Waals surface area contributed by atoms with Crippen LogP contribution in [0, 0.1) is 19.7 Å². The quantitative estimate of drug-likeness (QED) is 0.882. The molecule has 1 unspecified atom stereocenters. The number of nitrogens with one attached hydrogen (secondary N) is 1. The fourth-order valence-corrected chi connectivity index (χ4v) is 2.43. The Hall–Kier alpha value is -1.87. The van der Waals surface area contributed by atoms with Gasteiger partial charge in [-0.25, -0.2) is 4.39 Å². The molecule has 1 atom stereocenters. The maximum absolute atomic E-state index is 13.2. The highest BCUT2D eigenvalue weighted by Crippen LogP contribution is 2.20. The van der Waals surface area contributed by atoms with Gasteiger partial charge in [0.2, 0.25) is 0 Å². The monoisotopic (exact) mass is 273 g/mol. The zero-order valence-electron chi connectivity index (χ0n) is 12.1. The zero-order chi connectivity index (χ0) is 14.7. The molecule has 0 saturated heterocycles. The summed E-state index contributed by atoms with van der Waals surface area (Å²) in [6.07, 6.45) is 0. The number of aryl methyl sites for hydroxylation is 2. The first kappa shape index (κ1) is 14.5. The van der Waals surface area contributed by atoms with E-state index < -0.39 is 5.82 Å². The van der Waals surface area contributed by atoms with Crippen molar-refractivity contribution < 1.29 is 9.50 Å². The van der Waals surface area contributed by atoms with Gasteiger partial charge in [-0.05, 0) is 49.6 Å². The van der Waals surface area contributed by atoms with Crippen LogP contribution in [0.25, 0.3) is 0 Å². The van der Waals surface area contributed by atoms with E-state index in [0.29, 0.717) is 6.54 Å². The van der Waals surface area contributed by atoms with Gasteiger partial charge in [-0.15, -0.1) is 0 Å². The van der Waals surface area contributed by atoms with Gasteiger partial charge in [-0.1, -0.05) is 23.8 Å². The van der Waals surface area contributed by atoms with Crippen LogP contribution in [0.2, 0.25) is 0 Å². The first-order chi connectivity index (χ1) is 9.45. The highest BCUT2D eigenvalue weighted by atomic mass is 19.1. The maximum Gasteiger partial charge on any atom is 0.127 e. The van der Waals surface area contributed by atoms with Crippen molar-refractivity contribution in [3.63, 3.8) is 0 Å². The SMILES string of the molecule is Cc1ccc(C(C)NCc2cc(O)cc(F)c2)c(C)c1. The lowest BCUT2D eigenvalue weighted by Crippen LogP contribution is -2.19. The summed E-state index contributed by atoms with van der Waals surface area (Å²) in [5, 5.41) is 12.7. The third kappa shape index (κ3) is 3.58. The Balaban J connectivity index is 2.06. The van der Waals surface area contributed by atoms with Crippen LogP contribution < -0.4 is 5.32 Å². The number of halogens is 1. The maximum atomic E-state index is 13.2. The lowest BCUT2D eigenvalue weighted by Gasteiger charge is -2.17. The molecule has 0 saturated carbocycles. The average molecular weight is 273 g/mol. The largest absolute Gasteiger partial charge is 0.508 e. The van der Waals surface area contributed by atoms with Crippen molar-refractivity contribution in [2.75, 3.05) is 0 Å². The number of phenolic OH excluding ortho intramolecular Hbond substituents is 1. The molecule has 3 heteroatoms. The Morgan fingerprint density at radius 2 is 1.90 bits per heavy atom. The summed E-state index contributed by atoms with van der Waals surface area (Å²) in [6, 6.07) is 10.6. The zero-order valence-corrected chi connectivity index (χ0v) is 12.1. The number of phenols is 1. The highest BCUT2D eigenvalue weighted by Gasteiger charge is 2.08. The Morgan fingerprint density at radius 1 is 1.15 bits per heavy atom. The Bertz CT molecular complexity index is 590. The third-order valence-corrected chi connectivity index (χ3v) is 3.45. The lowest BCUT2D eigenvalue weighted by molar-refractivity contribution is 0.466. The molecule has 2 aromatic carbocycles. The van der Waals surface area contributed by atoms with Crippen molar-refractivity contribution >= 4 is 0 Å². The second kappa shape index (κ2) is 6.06. The number of aromatic hydroxyl groups is 1. The van der Waals surface area contributed by atoms with E-state index in [1.165, 1.54) is 22.8 Å². The molecule has 2 rings (SSSR count). The molecular weight excluding hydrogens is 253 g/mol. The van der Waals surface area contributed by atoms with Gasteiger partial charge < -0.3 is 10.4 Å². The fraction of sp³-hybridized carbons (Fsp3) is 0.294. The Morgan fingerprint density at radius 3 is 2.55 bits per heavy atom. The molecule has 2 nitrogen and oxygen atoms in total. The average Bonchev–Trinajstić information content (AvgIpc) is 2.35. The van der Waals surface area contributed by atoms with Crippen molar-refractivity contribution in [1.29, 1.82) is 0 Å². The molecular formula is C17H20FNO. The number of benzene rings is 2. The van der Waals surface area contributed by atoms with Crippen molar-refractivity contribution in [2.45, 2.75) is 33.4 Å². The predicted molar refractivity (Wildman–Crippen MR) is 79.2 cm³/mol. The van der Waals surface area contributed by atoms with E-state index >= 15 is 0 Å². The molecule has 0 heterocycles. The van der Waals surface area contributed by atoms with Crippen molar-refractivity contribution in [1.82, 2.24) is 5.32 Å². The molecule has 0 aliphatic carbocycles. The molecule has 2 aromatic rings. The Kier molecular flexibility index (Phi) is 4.40. The lowest BCUT2D eigenvalue weighted by atomic mass is 10.00. The van der Waals surface area contributed by atoms with E-state index in [0.717, 1.165) is 11.6 Å². The van der Waals surface area contributed by atoms with Gasteiger partial charge in [0.25, 0.3) is 0 Å². The highest BCUT2D eigenvalue weighted by molar-refractivity contribution is 5.33. The first-order valence-corrected chi connectivity index (χ1v) is 6.74. The standard InChI is InChI=1S/C17H20FNO/c1-11-4-5-17(12(2)6-11)13(3)19-10-14-7-15(18)9-16(20)8-14/h4-9,13,19-20H,10H2,1-3H3. The number of hydrogen-bond donors (Lipinski definition) is 2. The van der Waals surface area contributed by atoms with Crippen molar-refractivity contribution in [2.24, 2.45) is 0 Å². The van der Waals surface area contributed by atoms with Crippen LogP contribution in [0.4, 0.5) is 4.39 Å².